The Labute approximate surface area is 155 Å². The van der Waals surface area contributed by atoms with E-state index in [1.807, 2.05) is 6.92 Å². The first-order chi connectivity index (χ1) is 11.8. The van der Waals surface area contributed by atoms with E-state index >= 15 is 0 Å². The van der Waals surface area contributed by atoms with E-state index < -0.39 is 5.82 Å². The van der Waals surface area contributed by atoms with Crippen molar-refractivity contribution in [3.8, 4) is 0 Å². The number of carbonyl (C=O) groups excluding carboxylic acids is 2. The van der Waals surface area contributed by atoms with Crippen LogP contribution in [0.2, 0.25) is 10.0 Å². The minimum atomic E-state index is -0.555. The number of benzene rings is 2. The molecule has 2 amide bonds. The normalized spacial score (nSPS) is 10.4. The summed E-state index contributed by atoms with van der Waals surface area (Å²) >= 11 is 11.6. The molecule has 4 nitrogen and oxygen atoms in total. The number of anilines is 2. The second-order valence-electron chi connectivity index (χ2n) is 5.53. The summed E-state index contributed by atoms with van der Waals surface area (Å²) in [6.07, 6.45) is 0.0800. The fourth-order valence-electron chi connectivity index (χ4n) is 2.38. The Morgan fingerprint density at radius 3 is 2.48 bits per heavy atom. The molecule has 0 aliphatic rings. The van der Waals surface area contributed by atoms with E-state index in [9.17, 15) is 14.0 Å². The number of rotatable bonds is 5. The maximum absolute atomic E-state index is 13.1. The van der Waals surface area contributed by atoms with E-state index in [0.717, 1.165) is 5.56 Å². The molecule has 0 saturated heterocycles. The number of amides is 2. The average Bonchev–Trinajstić information content (AvgIpc) is 2.52. The molecule has 0 saturated carbocycles. The van der Waals surface area contributed by atoms with Crippen LogP contribution in [0.1, 0.15) is 18.9 Å². The SMILES string of the molecule is CC(=O)N(CCC(=O)Nc1ccc(F)c(Cl)c1)c1ccc(Cl)cc1C. The highest BCUT2D eigenvalue weighted by molar-refractivity contribution is 6.31. The summed E-state index contributed by atoms with van der Waals surface area (Å²) in [7, 11) is 0. The van der Waals surface area contributed by atoms with Crippen molar-refractivity contribution in [2.75, 3.05) is 16.8 Å². The molecule has 0 spiro atoms. The van der Waals surface area contributed by atoms with E-state index in [1.165, 1.54) is 30.0 Å². The third-order valence-electron chi connectivity index (χ3n) is 3.60. The lowest BCUT2D eigenvalue weighted by atomic mass is 10.1. The Balaban J connectivity index is 2.04. The molecule has 1 N–H and O–H groups in total. The molecule has 2 aromatic rings. The summed E-state index contributed by atoms with van der Waals surface area (Å²) in [5, 5.41) is 3.14. The van der Waals surface area contributed by atoms with Crippen LogP contribution in [0.3, 0.4) is 0 Å². The summed E-state index contributed by atoms with van der Waals surface area (Å²) in [5.74, 6) is -1.04. The predicted molar refractivity (Wildman–Crippen MR) is 98.9 cm³/mol. The first-order valence-corrected chi connectivity index (χ1v) is 8.32. The lowest BCUT2D eigenvalue weighted by Gasteiger charge is -2.23. The first-order valence-electron chi connectivity index (χ1n) is 7.57. The predicted octanol–water partition coefficient (Wildman–Crippen LogP) is 4.82. The largest absolute Gasteiger partial charge is 0.326 e. The second kappa shape index (κ2) is 8.32. The topological polar surface area (TPSA) is 49.4 Å². The van der Waals surface area contributed by atoms with Crippen molar-refractivity contribution < 1.29 is 14.0 Å². The quantitative estimate of drug-likeness (QED) is 0.805. The summed E-state index contributed by atoms with van der Waals surface area (Å²) in [6, 6.07) is 9.13. The standard InChI is InChI=1S/C18H17Cl2FN2O2/c1-11-9-13(19)3-6-17(11)23(12(2)24)8-7-18(25)22-14-4-5-16(21)15(20)10-14/h3-6,9-10H,7-8H2,1-2H3,(H,22,25). The number of halogens is 3. The molecule has 2 aromatic carbocycles. The molecule has 0 aromatic heterocycles. The van der Waals surface area contributed by atoms with Crippen molar-refractivity contribution in [3.63, 3.8) is 0 Å². The molecule has 0 atom stereocenters. The Morgan fingerprint density at radius 1 is 1.16 bits per heavy atom. The van der Waals surface area contributed by atoms with Crippen LogP contribution in [-0.4, -0.2) is 18.4 Å². The van der Waals surface area contributed by atoms with Crippen LogP contribution >= 0.6 is 23.2 Å². The average molecular weight is 383 g/mol. The van der Waals surface area contributed by atoms with Crippen LogP contribution in [0.5, 0.6) is 0 Å². The third kappa shape index (κ3) is 5.18. The summed E-state index contributed by atoms with van der Waals surface area (Å²) in [6.45, 7) is 3.49. The molecule has 0 unspecified atom stereocenters. The van der Waals surface area contributed by atoms with Gasteiger partial charge in [-0.05, 0) is 48.9 Å². The van der Waals surface area contributed by atoms with Crippen molar-refractivity contribution in [2.24, 2.45) is 0 Å². The minimum absolute atomic E-state index is 0.0695. The Kier molecular flexibility index (Phi) is 6.39. The van der Waals surface area contributed by atoms with Crippen LogP contribution in [0.25, 0.3) is 0 Å². The van der Waals surface area contributed by atoms with Crippen molar-refractivity contribution in [1.29, 1.82) is 0 Å². The van der Waals surface area contributed by atoms with Gasteiger partial charge in [0.15, 0.2) is 0 Å². The van der Waals surface area contributed by atoms with Gasteiger partial charge in [0, 0.05) is 36.3 Å². The fourth-order valence-corrected chi connectivity index (χ4v) is 2.79. The van der Waals surface area contributed by atoms with Crippen LogP contribution in [0, 0.1) is 12.7 Å². The molecule has 25 heavy (non-hydrogen) atoms. The first kappa shape index (κ1) is 19.2. The Morgan fingerprint density at radius 2 is 1.88 bits per heavy atom. The van der Waals surface area contributed by atoms with Gasteiger partial charge in [-0.25, -0.2) is 4.39 Å². The van der Waals surface area contributed by atoms with Gasteiger partial charge in [0.2, 0.25) is 11.8 Å². The lowest BCUT2D eigenvalue weighted by molar-refractivity contribution is -0.117. The van der Waals surface area contributed by atoms with Gasteiger partial charge in [-0.2, -0.15) is 0 Å². The van der Waals surface area contributed by atoms with E-state index in [-0.39, 0.29) is 29.8 Å². The van der Waals surface area contributed by atoms with Crippen LogP contribution in [-0.2, 0) is 9.59 Å². The molecule has 0 aliphatic heterocycles. The van der Waals surface area contributed by atoms with Crippen molar-refractivity contribution >= 4 is 46.4 Å². The van der Waals surface area contributed by atoms with Crippen molar-refractivity contribution in [1.82, 2.24) is 0 Å². The summed E-state index contributed by atoms with van der Waals surface area (Å²) in [5.41, 5.74) is 1.94. The minimum Gasteiger partial charge on any atom is -0.326 e. The van der Waals surface area contributed by atoms with E-state index in [2.05, 4.69) is 5.32 Å². The Hall–Kier alpha value is -2.11. The highest BCUT2D eigenvalue weighted by atomic mass is 35.5. The van der Waals surface area contributed by atoms with Gasteiger partial charge in [-0.3, -0.25) is 9.59 Å². The maximum atomic E-state index is 13.1. The fraction of sp³-hybridized carbons (Fsp3) is 0.222. The molecule has 132 valence electrons. The molecule has 2 rings (SSSR count). The van der Waals surface area contributed by atoms with Crippen molar-refractivity contribution in [3.05, 3.63) is 57.8 Å². The van der Waals surface area contributed by atoms with Gasteiger partial charge < -0.3 is 10.2 Å². The number of nitrogens with one attached hydrogen (secondary N) is 1. The van der Waals surface area contributed by atoms with E-state index in [0.29, 0.717) is 16.4 Å². The number of nitrogens with zero attached hydrogens (tertiary/aromatic N) is 1. The monoisotopic (exact) mass is 382 g/mol. The van der Waals surface area contributed by atoms with Gasteiger partial charge in [-0.1, -0.05) is 23.2 Å². The van der Waals surface area contributed by atoms with Gasteiger partial charge in [0.1, 0.15) is 5.82 Å². The third-order valence-corrected chi connectivity index (χ3v) is 4.12. The van der Waals surface area contributed by atoms with Crippen LogP contribution in [0.4, 0.5) is 15.8 Å². The van der Waals surface area contributed by atoms with Gasteiger partial charge in [-0.15, -0.1) is 0 Å². The molecule has 0 radical (unpaired) electrons. The van der Waals surface area contributed by atoms with Gasteiger partial charge >= 0.3 is 0 Å². The summed E-state index contributed by atoms with van der Waals surface area (Å²) in [4.78, 5) is 25.6. The zero-order valence-corrected chi connectivity index (χ0v) is 15.3. The number of hydrogen-bond acceptors (Lipinski definition) is 2. The van der Waals surface area contributed by atoms with Crippen LogP contribution in [0.15, 0.2) is 36.4 Å². The lowest BCUT2D eigenvalue weighted by Crippen LogP contribution is -2.32. The van der Waals surface area contributed by atoms with E-state index in [4.69, 9.17) is 23.2 Å². The highest BCUT2D eigenvalue weighted by Crippen LogP contribution is 2.24. The zero-order valence-electron chi connectivity index (χ0n) is 13.8. The number of aryl methyl sites for hydroxylation is 1. The number of hydrogen-bond donors (Lipinski definition) is 1. The molecular formula is C18H17Cl2FN2O2. The van der Waals surface area contributed by atoms with Gasteiger partial charge in [0.25, 0.3) is 0 Å². The van der Waals surface area contributed by atoms with Crippen LogP contribution < -0.4 is 10.2 Å². The van der Waals surface area contributed by atoms with Gasteiger partial charge in [0.05, 0.1) is 5.02 Å². The second-order valence-corrected chi connectivity index (χ2v) is 6.37. The van der Waals surface area contributed by atoms with E-state index in [1.54, 1.807) is 18.2 Å². The molecule has 0 bridgehead atoms. The summed E-state index contributed by atoms with van der Waals surface area (Å²) < 4.78 is 13.1. The zero-order chi connectivity index (χ0) is 18.6. The molecule has 7 heteroatoms. The molecule has 0 fully saturated rings. The smallest absolute Gasteiger partial charge is 0.226 e. The maximum Gasteiger partial charge on any atom is 0.226 e. The number of carbonyl (C=O) groups is 2. The Bertz CT molecular complexity index is 812. The van der Waals surface area contributed by atoms with Crippen molar-refractivity contribution in [2.45, 2.75) is 20.3 Å². The molecular weight excluding hydrogens is 366 g/mol. The molecule has 0 heterocycles. The molecule has 0 aliphatic carbocycles. The highest BCUT2D eigenvalue weighted by Gasteiger charge is 2.16.